The normalized spacial score (nSPS) is 27.4. The summed E-state index contributed by atoms with van der Waals surface area (Å²) in [5.41, 5.74) is -1.07. The van der Waals surface area contributed by atoms with Gasteiger partial charge in [-0.2, -0.15) is 0 Å². The number of carbonyl (C=O) groups is 2. The molecule has 120 valence electrons. The van der Waals surface area contributed by atoms with Crippen molar-refractivity contribution in [2.24, 2.45) is 5.92 Å². The van der Waals surface area contributed by atoms with Crippen LogP contribution < -0.4 is 0 Å². The Labute approximate surface area is 126 Å². The Bertz CT molecular complexity index is 395. The summed E-state index contributed by atoms with van der Waals surface area (Å²) in [6.45, 7) is 4.37. The van der Waals surface area contributed by atoms with Crippen LogP contribution in [0, 0.1) is 5.92 Å². The fraction of sp³-hybridized carbons (Fsp3) is 0.867. The van der Waals surface area contributed by atoms with E-state index in [4.69, 9.17) is 4.74 Å². The largest absolute Gasteiger partial charge is 0.480 e. The van der Waals surface area contributed by atoms with Crippen molar-refractivity contribution >= 4 is 12.0 Å². The summed E-state index contributed by atoms with van der Waals surface area (Å²) >= 11 is 0. The molecule has 0 aromatic rings. The van der Waals surface area contributed by atoms with Crippen molar-refractivity contribution in [2.75, 3.05) is 33.4 Å². The number of hydrogen-bond donors (Lipinski definition) is 1. The molecule has 0 aromatic carbocycles. The molecule has 6 nitrogen and oxygen atoms in total. The van der Waals surface area contributed by atoms with Crippen molar-refractivity contribution in [3.8, 4) is 0 Å². The predicted molar refractivity (Wildman–Crippen MR) is 78.2 cm³/mol. The Morgan fingerprint density at radius 3 is 2.62 bits per heavy atom. The first-order chi connectivity index (χ1) is 9.95. The zero-order chi connectivity index (χ0) is 15.5. The summed E-state index contributed by atoms with van der Waals surface area (Å²) in [6.07, 6.45) is 4.19. The molecule has 2 aliphatic rings. The number of piperidine rings is 1. The molecule has 6 heteroatoms. The van der Waals surface area contributed by atoms with Gasteiger partial charge >= 0.3 is 12.0 Å². The van der Waals surface area contributed by atoms with E-state index in [0.29, 0.717) is 25.4 Å². The Balaban J connectivity index is 2.00. The van der Waals surface area contributed by atoms with Crippen LogP contribution in [0.2, 0.25) is 0 Å². The number of rotatable bonds is 3. The smallest absolute Gasteiger partial charge is 0.329 e. The minimum absolute atomic E-state index is 0.161. The van der Waals surface area contributed by atoms with E-state index in [9.17, 15) is 14.7 Å². The van der Waals surface area contributed by atoms with E-state index >= 15 is 0 Å². The summed E-state index contributed by atoms with van der Waals surface area (Å²) in [5, 5.41) is 9.49. The van der Waals surface area contributed by atoms with Gasteiger partial charge < -0.3 is 19.6 Å². The quantitative estimate of drug-likeness (QED) is 0.862. The number of carboxylic acids is 1. The second kappa shape index (κ2) is 6.64. The van der Waals surface area contributed by atoms with Gasteiger partial charge in [0, 0.05) is 33.4 Å². The molecule has 1 atom stereocenters. The van der Waals surface area contributed by atoms with E-state index in [2.05, 4.69) is 0 Å². The summed E-state index contributed by atoms with van der Waals surface area (Å²) in [5.74, 6) is -0.455. The third kappa shape index (κ3) is 3.48. The van der Waals surface area contributed by atoms with E-state index in [-0.39, 0.29) is 6.03 Å². The monoisotopic (exact) mass is 298 g/mol. The van der Waals surface area contributed by atoms with Gasteiger partial charge in [-0.3, -0.25) is 0 Å². The van der Waals surface area contributed by atoms with Crippen molar-refractivity contribution in [2.45, 2.75) is 44.6 Å². The SMILES string of the molecule is CN(CC1CCOCC1)C(=O)N1CCCCC1(C)C(=O)O. The molecular weight excluding hydrogens is 272 g/mol. The predicted octanol–water partition coefficient (Wildman–Crippen LogP) is 1.79. The molecule has 2 amide bonds. The van der Waals surface area contributed by atoms with E-state index in [1.807, 2.05) is 0 Å². The lowest BCUT2D eigenvalue weighted by molar-refractivity contribution is -0.150. The van der Waals surface area contributed by atoms with Crippen molar-refractivity contribution in [1.29, 1.82) is 0 Å². The van der Waals surface area contributed by atoms with Crippen LogP contribution in [0.5, 0.6) is 0 Å². The van der Waals surface area contributed by atoms with Crippen molar-refractivity contribution in [3.63, 3.8) is 0 Å². The van der Waals surface area contributed by atoms with Gasteiger partial charge in [0.2, 0.25) is 0 Å². The molecule has 0 bridgehead atoms. The first-order valence-corrected chi connectivity index (χ1v) is 7.79. The Hall–Kier alpha value is -1.30. The van der Waals surface area contributed by atoms with Gasteiger partial charge in [0.05, 0.1) is 0 Å². The van der Waals surface area contributed by atoms with Gasteiger partial charge in [-0.15, -0.1) is 0 Å². The average Bonchev–Trinajstić information content (AvgIpc) is 2.48. The molecule has 1 unspecified atom stereocenters. The molecule has 1 N–H and O–H groups in total. The molecule has 0 spiro atoms. The van der Waals surface area contributed by atoms with Gasteiger partial charge in [0.15, 0.2) is 0 Å². The highest BCUT2D eigenvalue weighted by atomic mass is 16.5. The number of amides is 2. The zero-order valence-electron chi connectivity index (χ0n) is 13.0. The highest BCUT2D eigenvalue weighted by Gasteiger charge is 2.44. The minimum Gasteiger partial charge on any atom is -0.480 e. The molecule has 0 radical (unpaired) electrons. The highest BCUT2D eigenvalue weighted by molar-refractivity contribution is 5.86. The summed E-state index contributed by atoms with van der Waals surface area (Å²) in [6, 6.07) is -0.161. The fourth-order valence-electron chi connectivity index (χ4n) is 3.25. The van der Waals surface area contributed by atoms with E-state index in [1.165, 1.54) is 4.90 Å². The minimum atomic E-state index is -1.07. The molecule has 0 saturated carbocycles. The lowest BCUT2D eigenvalue weighted by Gasteiger charge is -2.43. The van der Waals surface area contributed by atoms with Gasteiger partial charge in [-0.1, -0.05) is 0 Å². The average molecular weight is 298 g/mol. The van der Waals surface area contributed by atoms with Gasteiger partial charge in [-0.25, -0.2) is 9.59 Å². The first kappa shape index (κ1) is 16.1. The van der Waals surface area contributed by atoms with Gasteiger partial charge in [0.25, 0.3) is 0 Å². The molecule has 2 saturated heterocycles. The number of urea groups is 1. The summed E-state index contributed by atoms with van der Waals surface area (Å²) in [4.78, 5) is 27.4. The third-order valence-corrected chi connectivity index (χ3v) is 4.78. The molecular formula is C15H26N2O4. The Morgan fingerprint density at radius 1 is 1.33 bits per heavy atom. The number of ether oxygens (including phenoxy) is 1. The van der Waals surface area contributed by atoms with E-state index in [1.54, 1.807) is 18.9 Å². The van der Waals surface area contributed by atoms with Crippen LogP contribution in [0.25, 0.3) is 0 Å². The number of nitrogens with zero attached hydrogens (tertiary/aromatic N) is 2. The van der Waals surface area contributed by atoms with E-state index in [0.717, 1.165) is 38.9 Å². The van der Waals surface area contributed by atoms with Gasteiger partial charge in [0.1, 0.15) is 5.54 Å². The number of hydrogen-bond acceptors (Lipinski definition) is 3. The molecule has 2 fully saturated rings. The van der Waals surface area contributed by atoms with Crippen molar-refractivity contribution in [3.05, 3.63) is 0 Å². The lowest BCUT2D eigenvalue weighted by Crippen LogP contribution is -2.60. The maximum atomic E-state index is 12.6. The number of carboxylic acid groups (broad SMARTS) is 1. The Morgan fingerprint density at radius 2 is 2.00 bits per heavy atom. The van der Waals surface area contributed by atoms with Crippen LogP contribution in [-0.4, -0.2) is 65.8 Å². The molecule has 2 heterocycles. The number of aliphatic carboxylic acids is 1. The van der Waals surface area contributed by atoms with Crippen LogP contribution in [-0.2, 0) is 9.53 Å². The van der Waals surface area contributed by atoms with Crippen molar-refractivity contribution < 1.29 is 19.4 Å². The standard InChI is InChI=1S/C15H26N2O4/c1-15(13(18)19)7-3-4-8-17(15)14(20)16(2)11-12-5-9-21-10-6-12/h12H,3-11H2,1-2H3,(H,18,19). The fourth-order valence-corrected chi connectivity index (χ4v) is 3.25. The van der Waals surface area contributed by atoms with E-state index < -0.39 is 11.5 Å². The van der Waals surface area contributed by atoms with Crippen LogP contribution in [0.15, 0.2) is 0 Å². The topological polar surface area (TPSA) is 70.1 Å². The summed E-state index contributed by atoms with van der Waals surface area (Å²) in [7, 11) is 1.77. The van der Waals surface area contributed by atoms with Crippen LogP contribution >= 0.6 is 0 Å². The van der Waals surface area contributed by atoms with Crippen LogP contribution in [0.3, 0.4) is 0 Å². The Kier molecular flexibility index (Phi) is 5.08. The molecule has 21 heavy (non-hydrogen) atoms. The zero-order valence-corrected chi connectivity index (χ0v) is 13.0. The lowest BCUT2D eigenvalue weighted by atomic mass is 9.88. The third-order valence-electron chi connectivity index (χ3n) is 4.78. The first-order valence-electron chi connectivity index (χ1n) is 7.79. The maximum Gasteiger partial charge on any atom is 0.329 e. The maximum absolute atomic E-state index is 12.6. The number of carbonyl (C=O) groups excluding carboxylic acids is 1. The van der Waals surface area contributed by atoms with Crippen molar-refractivity contribution in [1.82, 2.24) is 9.80 Å². The van der Waals surface area contributed by atoms with Gasteiger partial charge in [-0.05, 0) is 44.9 Å². The molecule has 0 aromatic heterocycles. The number of likely N-dealkylation sites (tertiary alicyclic amines) is 1. The van der Waals surface area contributed by atoms with Crippen LogP contribution in [0.1, 0.15) is 39.0 Å². The summed E-state index contributed by atoms with van der Waals surface area (Å²) < 4.78 is 5.33. The molecule has 0 aliphatic carbocycles. The molecule has 2 rings (SSSR count). The molecule has 2 aliphatic heterocycles. The second-order valence-electron chi connectivity index (χ2n) is 6.41. The second-order valence-corrected chi connectivity index (χ2v) is 6.41. The van der Waals surface area contributed by atoms with Crippen LogP contribution in [0.4, 0.5) is 4.79 Å². The highest BCUT2D eigenvalue weighted by Crippen LogP contribution is 2.29.